The van der Waals surface area contributed by atoms with E-state index < -0.39 is 0 Å². The molecule has 0 N–H and O–H groups in total. The Morgan fingerprint density at radius 3 is 1.68 bits per heavy atom. The maximum absolute atomic E-state index is 2.42. The first-order valence-corrected chi connectivity index (χ1v) is 16.6. The van der Waals surface area contributed by atoms with Crippen molar-refractivity contribution in [3.8, 4) is 66.8 Å². The third-order valence-corrected chi connectivity index (χ3v) is 10.8. The van der Waals surface area contributed by atoms with E-state index in [1.54, 1.807) is 0 Å². The van der Waals surface area contributed by atoms with Crippen LogP contribution < -0.4 is 0 Å². The topological polar surface area (TPSA) is 0 Å². The Hall–Kier alpha value is -5.72. The molecular formula is C47H32. The van der Waals surface area contributed by atoms with Crippen molar-refractivity contribution in [3.05, 3.63) is 169 Å². The second-order valence-corrected chi connectivity index (χ2v) is 13.7. The van der Waals surface area contributed by atoms with Crippen molar-refractivity contribution in [3.63, 3.8) is 0 Å². The quantitative estimate of drug-likeness (QED) is 0.178. The molecule has 2 aliphatic carbocycles. The molecule has 0 atom stereocenters. The van der Waals surface area contributed by atoms with Crippen molar-refractivity contribution in [1.82, 2.24) is 0 Å². The summed E-state index contributed by atoms with van der Waals surface area (Å²) < 4.78 is 0. The van der Waals surface area contributed by atoms with Gasteiger partial charge in [-0.3, -0.25) is 0 Å². The first-order valence-electron chi connectivity index (χ1n) is 16.6. The first kappa shape index (κ1) is 26.5. The summed E-state index contributed by atoms with van der Waals surface area (Å²) in [7, 11) is 0. The Morgan fingerprint density at radius 1 is 0.319 bits per heavy atom. The van der Waals surface area contributed by atoms with Crippen LogP contribution in [0.25, 0.3) is 88.3 Å². The maximum atomic E-state index is 2.42. The van der Waals surface area contributed by atoms with Gasteiger partial charge >= 0.3 is 0 Å². The summed E-state index contributed by atoms with van der Waals surface area (Å²) in [6.07, 6.45) is 0. The molecule has 220 valence electrons. The van der Waals surface area contributed by atoms with Gasteiger partial charge in [0.1, 0.15) is 0 Å². The third-order valence-electron chi connectivity index (χ3n) is 10.8. The molecule has 47 heavy (non-hydrogen) atoms. The van der Waals surface area contributed by atoms with Gasteiger partial charge in [0.2, 0.25) is 0 Å². The molecule has 8 aromatic carbocycles. The van der Waals surface area contributed by atoms with Crippen LogP contribution in [0.5, 0.6) is 0 Å². The van der Waals surface area contributed by atoms with E-state index in [9.17, 15) is 0 Å². The smallest absolute Gasteiger partial charge is 0.0159 e. The molecule has 0 saturated carbocycles. The average Bonchev–Trinajstić information content (AvgIpc) is 3.58. The lowest BCUT2D eigenvalue weighted by molar-refractivity contribution is 0.660. The molecule has 0 heteroatoms. The number of hydrogen-bond donors (Lipinski definition) is 0. The largest absolute Gasteiger partial charge is 0.0622 e. The van der Waals surface area contributed by atoms with Crippen LogP contribution in [-0.4, -0.2) is 0 Å². The molecule has 0 radical (unpaired) electrons. The predicted octanol–water partition coefficient (Wildman–Crippen LogP) is 12.9. The van der Waals surface area contributed by atoms with Crippen LogP contribution in [0.3, 0.4) is 0 Å². The van der Waals surface area contributed by atoms with E-state index >= 15 is 0 Å². The molecule has 0 heterocycles. The van der Waals surface area contributed by atoms with E-state index in [4.69, 9.17) is 0 Å². The van der Waals surface area contributed by atoms with E-state index in [0.29, 0.717) is 0 Å². The average molecular weight is 597 g/mol. The molecule has 0 bridgehead atoms. The Kier molecular flexibility index (Phi) is 5.44. The van der Waals surface area contributed by atoms with Gasteiger partial charge in [-0.2, -0.15) is 0 Å². The van der Waals surface area contributed by atoms with Gasteiger partial charge in [-0.25, -0.2) is 0 Å². The van der Waals surface area contributed by atoms with Crippen LogP contribution in [0.4, 0.5) is 0 Å². The van der Waals surface area contributed by atoms with Crippen molar-refractivity contribution in [2.24, 2.45) is 0 Å². The molecular weight excluding hydrogens is 565 g/mol. The van der Waals surface area contributed by atoms with Crippen LogP contribution >= 0.6 is 0 Å². The SMILES string of the molecule is CC1(C)c2ccccc2-c2ccc(-c3ccc(-c4c5ccccc5c5c6c(cccc46)-c4cc(-c6ccccc6)ccc4-5)cc3)cc21. The minimum atomic E-state index is -0.00906. The number of benzene rings is 8. The zero-order valence-corrected chi connectivity index (χ0v) is 26.5. The molecule has 2 aliphatic rings. The van der Waals surface area contributed by atoms with Gasteiger partial charge < -0.3 is 0 Å². The summed E-state index contributed by atoms with van der Waals surface area (Å²) >= 11 is 0. The second kappa shape index (κ2) is 9.64. The minimum absolute atomic E-state index is 0.00906. The highest BCUT2D eigenvalue weighted by Crippen LogP contribution is 2.54. The van der Waals surface area contributed by atoms with Crippen LogP contribution in [0.2, 0.25) is 0 Å². The molecule has 0 amide bonds. The lowest BCUT2D eigenvalue weighted by Crippen LogP contribution is -2.14. The first-order chi connectivity index (χ1) is 23.1. The number of rotatable bonds is 3. The lowest BCUT2D eigenvalue weighted by Gasteiger charge is -2.22. The minimum Gasteiger partial charge on any atom is -0.0622 e. The maximum Gasteiger partial charge on any atom is 0.0159 e. The Morgan fingerprint density at radius 2 is 0.872 bits per heavy atom. The van der Waals surface area contributed by atoms with Crippen LogP contribution in [-0.2, 0) is 5.41 Å². The molecule has 8 aromatic rings. The summed E-state index contributed by atoms with van der Waals surface area (Å²) in [5.41, 5.74) is 18.5. The van der Waals surface area contributed by atoms with E-state index in [1.165, 1.54) is 99.4 Å². The fraction of sp³-hybridized carbons (Fsp3) is 0.0638. The van der Waals surface area contributed by atoms with Crippen LogP contribution in [0, 0.1) is 0 Å². The number of fused-ring (bicyclic) bond motifs is 8. The molecule has 10 rings (SSSR count). The Balaban J connectivity index is 1.12. The van der Waals surface area contributed by atoms with Gasteiger partial charge in [-0.1, -0.05) is 159 Å². The van der Waals surface area contributed by atoms with Crippen LogP contribution in [0.1, 0.15) is 25.0 Å². The zero-order valence-electron chi connectivity index (χ0n) is 26.5. The molecule has 0 nitrogen and oxygen atoms in total. The summed E-state index contributed by atoms with van der Waals surface area (Å²) in [4.78, 5) is 0. The second-order valence-electron chi connectivity index (χ2n) is 13.7. The molecule has 0 aliphatic heterocycles. The summed E-state index contributed by atoms with van der Waals surface area (Å²) in [5, 5.41) is 5.31. The highest BCUT2D eigenvalue weighted by molar-refractivity contribution is 6.29. The molecule has 0 saturated heterocycles. The molecule has 0 spiro atoms. The zero-order chi connectivity index (χ0) is 31.3. The highest BCUT2D eigenvalue weighted by atomic mass is 14.4. The predicted molar refractivity (Wildman–Crippen MR) is 200 cm³/mol. The van der Waals surface area contributed by atoms with Crippen molar-refractivity contribution in [2.45, 2.75) is 19.3 Å². The Bertz CT molecular complexity index is 2560. The van der Waals surface area contributed by atoms with Crippen LogP contribution in [0.15, 0.2) is 158 Å². The van der Waals surface area contributed by atoms with E-state index in [0.717, 1.165) is 0 Å². The van der Waals surface area contributed by atoms with Gasteiger partial charge in [-0.05, 0) is 112 Å². The fourth-order valence-corrected chi connectivity index (χ4v) is 8.55. The monoisotopic (exact) mass is 596 g/mol. The summed E-state index contributed by atoms with van der Waals surface area (Å²) in [6.45, 7) is 4.71. The summed E-state index contributed by atoms with van der Waals surface area (Å²) in [6, 6.07) is 58.7. The Labute approximate surface area is 275 Å². The van der Waals surface area contributed by atoms with Gasteiger partial charge in [0.05, 0.1) is 0 Å². The van der Waals surface area contributed by atoms with E-state index in [1.807, 2.05) is 0 Å². The van der Waals surface area contributed by atoms with Crippen molar-refractivity contribution < 1.29 is 0 Å². The number of hydrogen-bond acceptors (Lipinski definition) is 0. The van der Waals surface area contributed by atoms with Gasteiger partial charge in [0.25, 0.3) is 0 Å². The van der Waals surface area contributed by atoms with Crippen molar-refractivity contribution >= 4 is 21.5 Å². The highest BCUT2D eigenvalue weighted by Gasteiger charge is 2.35. The summed E-state index contributed by atoms with van der Waals surface area (Å²) in [5.74, 6) is 0. The van der Waals surface area contributed by atoms with E-state index in [2.05, 4.69) is 172 Å². The molecule has 0 fully saturated rings. The lowest BCUT2D eigenvalue weighted by atomic mass is 9.81. The van der Waals surface area contributed by atoms with Crippen molar-refractivity contribution in [2.75, 3.05) is 0 Å². The molecule has 0 aromatic heterocycles. The third kappa shape index (κ3) is 3.70. The normalized spacial score (nSPS) is 13.5. The standard InChI is InChI=1S/C47H32/c1-47(2)42-18-9-8-13-34(42)35-25-23-33(28-43(35)47)30-19-21-31(22-20-30)44-36-14-6-7-15-37(36)45-39-26-24-32(29-11-4-3-5-12-29)27-41(39)38-16-10-17-40(44)46(38)45/h3-28H,1-2H3. The van der Waals surface area contributed by atoms with Crippen molar-refractivity contribution in [1.29, 1.82) is 0 Å². The molecule has 0 unspecified atom stereocenters. The van der Waals surface area contributed by atoms with Gasteiger partial charge in [0, 0.05) is 5.41 Å². The van der Waals surface area contributed by atoms with E-state index in [-0.39, 0.29) is 5.41 Å². The van der Waals surface area contributed by atoms with Gasteiger partial charge in [0.15, 0.2) is 0 Å². The fourth-order valence-electron chi connectivity index (χ4n) is 8.55. The van der Waals surface area contributed by atoms with Gasteiger partial charge in [-0.15, -0.1) is 0 Å².